The molecule has 1 aliphatic rings. The van der Waals surface area contributed by atoms with Crippen LogP contribution in [0.3, 0.4) is 0 Å². The third kappa shape index (κ3) is 6.16. The van der Waals surface area contributed by atoms with Gasteiger partial charge in [-0.05, 0) is 32.1 Å². The van der Waals surface area contributed by atoms with Crippen molar-refractivity contribution >= 4 is 0 Å². The quantitative estimate of drug-likeness (QED) is 0.659. The SMILES string of the molecule is CCCCCCCOC1CCCC(N)C1. The maximum absolute atomic E-state index is 5.92. The van der Waals surface area contributed by atoms with Crippen LogP contribution in [0.1, 0.15) is 64.7 Å². The van der Waals surface area contributed by atoms with Gasteiger partial charge in [0.25, 0.3) is 0 Å². The highest BCUT2D eigenvalue weighted by molar-refractivity contribution is 4.75. The van der Waals surface area contributed by atoms with Gasteiger partial charge in [-0.15, -0.1) is 0 Å². The zero-order valence-corrected chi connectivity index (χ0v) is 10.2. The summed E-state index contributed by atoms with van der Waals surface area (Å²) in [4.78, 5) is 0. The van der Waals surface area contributed by atoms with E-state index in [1.54, 1.807) is 0 Å². The molecule has 90 valence electrons. The molecule has 1 rings (SSSR count). The van der Waals surface area contributed by atoms with Crippen molar-refractivity contribution in [2.75, 3.05) is 6.61 Å². The standard InChI is InChI=1S/C13H27NO/c1-2-3-4-5-6-10-15-13-9-7-8-12(14)11-13/h12-13H,2-11,14H2,1H3. The van der Waals surface area contributed by atoms with E-state index in [1.165, 1.54) is 51.4 Å². The average molecular weight is 213 g/mol. The van der Waals surface area contributed by atoms with Gasteiger partial charge in [0.05, 0.1) is 6.10 Å². The number of unbranched alkanes of at least 4 members (excludes halogenated alkanes) is 4. The van der Waals surface area contributed by atoms with E-state index in [9.17, 15) is 0 Å². The summed E-state index contributed by atoms with van der Waals surface area (Å²) in [6, 6.07) is 0.392. The summed E-state index contributed by atoms with van der Waals surface area (Å²) in [7, 11) is 0. The van der Waals surface area contributed by atoms with Crippen LogP contribution in [0.15, 0.2) is 0 Å². The molecule has 0 radical (unpaired) electrons. The summed E-state index contributed by atoms with van der Waals surface area (Å²) in [6.45, 7) is 3.20. The third-order valence-electron chi connectivity index (χ3n) is 3.27. The molecule has 0 aromatic carbocycles. The van der Waals surface area contributed by atoms with Crippen LogP contribution in [0, 0.1) is 0 Å². The first-order chi connectivity index (χ1) is 7.33. The molecule has 1 fully saturated rings. The second-order valence-corrected chi connectivity index (χ2v) is 4.83. The lowest BCUT2D eigenvalue weighted by atomic mass is 9.93. The van der Waals surface area contributed by atoms with Crippen molar-refractivity contribution in [2.24, 2.45) is 5.73 Å². The van der Waals surface area contributed by atoms with Gasteiger partial charge >= 0.3 is 0 Å². The zero-order chi connectivity index (χ0) is 10.9. The van der Waals surface area contributed by atoms with Crippen LogP contribution in [-0.2, 0) is 4.74 Å². The van der Waals surface area contributed by atoms with Crippen LogP contribution in [0.25, 0.3) is 0 Å². The van der Waals surface area contributed by atoms with Crippen molar-refractivity contribution in [3.05, 3.63) is 0 Å². The minimum absolute atomic E-state index is 0.392. The van der Waals surface area contributed by atoms with Crippen molar-refractivity contribution in [2.45, 2.75) is 76.9 Å². The summed E-state index contributed by atoms with van der Waals surface area (Å²) in [5, 5.41) is 0. The molecule has 0 amide bonds. The minimum atomic E-state index is 0.392. The lowest BCUT2D eigenvalue weighted by Crippen LogP contribution is -2.32. The molecule has 1 aliphatic carbocycles. The Labute approximate surface area is 94.6 Å². The number of rotatable bonds is 7. The van der Waals surface area contributed by atoms with E-state index in [0.29, 0.717) is 12.1 Å². The van der Waals surface area contributed by atoms with E-state index >= 15 is 0 Å². The van der Waals surface area contributed by atoms with Gasteiger partial charge in [-0.2, -0.15) is 0 Å². The molecular formula is C13H27NO. The van der Waals surface area contributed by atoms with E-state index in [1.807, 2.05) is 0 Å². The third-order valence-corrected chi connectivity index (χ3v) is 3.27. The number of hydrogen-bond donors (Lipinski definition) is 1. The van der Waals surface area contributed by atoms with Crippen molar-refractivity contribution < 1.29 is 4.74 Å². The fraction of sp³-hybridized carbons (Fsp3) is 1.00. The van der Waals surface area contributed by atoms with Gasteiger partial charge in [0.1, 0.15) is 0 Å². The summed E-state index contributed by atoms with van der Waals surface area (Å²) < 4.78 is 5.85. The van der Waals surface area contributed by atoms with E-state index in [-0.39, 0.29) is 0 Å². The molecule has 2 atom stereocenters. The predicted molar refractivity (Wildman–Crippen MR) is 64.9 cm³/mol. The Bertz CT molecular complexity index is 149. The van der Waals surface area contributed by atoms with Gasteiger partial charge < -0.3 is 10.5 Å². The Morgan fingerprint density at radius 3 is 2.67 bits per heavy atom. The molecule has 0 bridgehead atoms. The number of ether oxygens (including phenoxy) is 1. The van der Waals surface area contributed by atoms with E-state index in [0.717, 1.165) is 13.0 Å². The van der Waals surface area contributed by atoms with Gasteiger partial charge in [0, 0.05) is 12.6 Å². The average Bonchev–Trinajstić information content (AvgIpc) is 2.23. The van der Waals surface area contributed by atoms with E-state index in [4.69, 9.17) is 10.5 Å². The monoisotopic (exact) mass is 213 g/mol. The lowest BCUT2D eigenvalue weighted by Gasteiger charge is -2.26. The Morgan fingerprint density at radius 2 is 1.93 bits per heavy atom. The molecule has 2 heteroatoms. The van der Waals surface area contributed by atoms with Crippen LogP contribution in [0.4, 0.5) is 0 Å². The highest BCUT2D eigenvalue weighted by Crippen LogP contribution is 2.20. The summed E-state index contributed by atoms with van der Waals surface area (Å²) >= 11 is 0. The Kier molecular flexibility index (Phi) is 7.03. The second kappa shape index (κ2) is 8.12. The number of hydrogen-bond acceptors (Lipinski definition) is 2. The predicted octanol–water partition coefficient (Wildman–Crippen LogP) is 3.24. The lowest BCUT2D eigenvalue weighted by molar-refractivity contribution is 0.0215. The van der Waals surface area contributed by atoms with Gasteiger partial charge in [-0.1, -0.05) is 32.6 Å². The topological polar surface area (TPSA) is 35.2 Å². The maximum atomic E-state index is 5.92. The van der Waals surface area contributed by atoms with Crippen LogP contribution in [-0.4, -0.2) is 18.8 Å². The summed E-state index contributed by atoms with van der Waals surface area (Å²) in [5.41, 5.74) is 5.92. The van der Waals surface area contributed by atoms with E-state index < -0.39 is 0 Å². The second-order valence-electron chi connectivity index (χ2n) is 4.83. The Morgan fingerprint density at radius 1 is 1.13 bits per heavy atom. The molecule has 15 heavy (non-hydrogen) atoms. The minimum Gasteiger partial charge on any atom is -0.378 e. The van der Waals surface area contributed by atoms with Gasteiger partial charge in [0.2, 0.25) is 0 Å². The molecule has 2 unspecified atom stereocenters. The van der Waals surface area contributed by atoms with E-state index in [2.05, 4.69) is 6.92 Å². The van der Waals surface area contributed by atoms with Gasteiger partial charge in [-0.3, -0.25) is 0 Å². The van der Waals surface area contributed by atoms with Crippen molar-refractivity contribution in [3.8, 4) is 0 Å². The first-order valence-corrected chi connectivity index (χ1v) is 6.70. The smallest absolute Gasteiger partial charge is 0.0589 e. The molecule has 0 spiro atoms. The molecule has 2 nitrogen and oxygen atoms in total. The molecule has 2 N–H and O–H groups in total. The highest BCUT2D eigenvalue weighted by Gasteiger charge is 2.18. The van der Waals surface area contributed by atoms with Crippen molar-refractivity contribution in [1.82, 2.24) is 0 Å². The van der Waals surface area contributed by atoms with Crippen LogP contribution in [0.5, 0.6) is 0 Å². The molecule has 0 aliphatic heterocycles. The molecule has 1 saturated carbocycles. The molecule has 0 aromatic heterocycles. The highest BCUT2D eigenvalue weighted by atomic mass is 16.5. The van der Waals surface area contributed by atoms with Crippen LogP contribution in [0.2, 0.25) is 0 Å². The van der Waals surface area contributed by atoms with Crippen LogP contribution >= 0.6 is 0 Å². The first kappa shape index (κ1) is 13.0. The molecule has 0 aromatic rings. The Hall–Kier alpha value is -0.0800. The van der Waals surface area contributed by atoms with Crippen molar-refractivity contribution in [3.63, 3.8) is 0 Å². The largest absolute Gasteiger partial charge is 0.378 e. The molecule has 0 heterocycles. The normalized spacial score (nSPS) is 26.8. The fourth-order valence-corrected chi connectivity index (χ4v) is 2.29. The molecular weight excluding hydrogens is 186 g/mol. The summed E-state index contributed by atoms with van der Waals surface area (Å²) in [5.74, 6) is 0. The maximum Gasteiger partial charge on any atom is 0.0589 e. The molecule has 0 saturated heterocycles. The fourth-order valence-electron chi connectivity index (χ4n) is 2.29. The number of nitrogens with two attached hydrogens (primary N) is 1. The Balaban J connectivity index is 1.90. The van der Waals surface area contributed by atoms with Gasteiger partial charge in [0.15, 0.2) is 0 Å². The summed E-state index contributed by atoms with van der Waals surface area (Å²) in [6.07, 6.45) is 11.8. The first-order valence-electron chi connectivity index (χ1n) is 6.70. The van der Waals surface area contributed by atoms with Crippen molar-refractivity contribution in [1.29, 1.82) is 0 Å². The zero-order valence-electron chi connectivity index (χ0n) is 10.2. The van der Waals surface area contributed by atoms with Crippen LogP contribution < -0.4 is 5.73 Å². The van der Waals surface area contributed by atoms with Gasteiger partial charge in [-0.25, -0.2) is 0 Å².